The van der Waals surface area contributed by atoms with Gasteiger partial charge in [-0.25, -0.2) is 0 Å². The maximum absolute atomic E-state index is 13.8. The van der Waals surface area contributed by atoms with Crippen molar-refractivity contribution in [2.75, 3.05) is 38.2 Å². The van der Waals surface area contributed by atoms with E-state index in [-0.39, 0.29) is 5.43 Å². The van der Waals surface area contributed by atoms with Gasteiger partial charge in [0, 0.05) is 54.7 Å². The molecule has 0 saturated carbocycles. The molecule has 7 heteroatoms. The molecule has 0 unspecified atom stereocenters. The highest BCUT2D eigenvalue weighted by molar-refractivity contribution is 9.10. The molecule has 184 valence electrons. The van der Waals surface area contributed by atoms with Crippen LogP contribution in [0.15, 0.2) is 70.3 Å². The molecule has 0 atom stereocenters. The van der Waals surface area contributed by atoms with Crippen molar-refractivity contribution in [1.29, 1.82) is 0 Å². The van der Waals surface area contributed by atoms with E-state index in [1.54, 1.807) is 6.20 Å². The lowest BCUT2D eigenvalue weighted by atomic mass is 10.0. The number of nitrogens with zero attached hydrogens (tertiary/aromatic N) is 4. The summed E-state index contributed by atoms with van der Waals surface area (Å²) in [5.41, 5.74) is 5.79. The number of likely N-dealkylation sites (tertiary alicyclic amines) is 1. The number of hydrogen-bond donors (Lipinski definition) is 0. The highest BCUT2D eigenvalue weighted by Crippen LogP contribution is 2.43. The van der Waals surface area contributed by atoms with Crippen LogP contribution < -0.4 is 15.1 Å². The van der Waals surface area contributed by atoms with Crippen molar-refractivity contribution in [3.05, 3.63) is 86.9 Å². The molecule has 6 nitrogen and oxygen atoms in total. The minimum Gasteiger partial charge on any atom is -0.492 e. The van der Waals surface area contributed by atoms with E-state index in [9.17, 15) is 4.79 Å². The standard InChI is InChI=1S/C29H29BrN4O2/c1-32-25-8-7-22(30)15-26(25)34-19-21(14-20-6-5-9-31-18-20)29(35)24-16-23(17-27(32)28(24)34)36-13-12-33-10-3-2-4-11-33/h5-9,15-19H,2-4,10-14H2,1H3. The summed E-state index contributed by atoms with van der Waals surface area (Å²) in [6, 6.07) is 14.2. The van der Waals surface area contributed by atoms with Crippen LogP contribution in [0.4, 0.5) is 11.4 Å². The van der Waals surface area contributed by atoms with E-state index >= 15 is 0 Å². The summed E-state index contributed by atoms with van der Waals surface area (Å²) in [6.45, 7) is 3.81. The van der Waals surface area contributed by atoms with Gasteiger partial charge in [0.25, 0.3) is 0 Å². The highest BCUT2D eigenvalue weighted by Gasteiger charge is 2.25. The number of fused-ring (bicyclic) bond motifs is 2. The Hall–Kier alpha value is -3.16. The molecule has 4 heterocycles. The van der Waals surface area contributed by atoms with Gasteiger partial charge in [-0.05, 0) is 61.8 Å². The minimum absolute atomic E-state index is 0.0414. The van der Waals surface area contributed by atoms with Crippen molar-refractivity contribution in [2.24, 2.45) is 0 Å². The summed E-state index contributed by atoms with van der Waals surface area (Å²) in [7, 11) is 2.05. The van der Waals surface area contributed by atoms with Crippen LogP contribution in [-0.2, 0) is 6.42 Å². The summed E-state index contributed by atoms with van der Waals surface area (Å²) in [6.07, 6.45) is 9.95. The van der Waals surface area contributed by atoms with Gasteiger partial charge in [-0.2, -0.15) is 0 Å². The Bertz CT molecular complexity index is 1480. The lowest BCUT2D eigenvalue weighted by Crippen LogP contribution is -2.33. The van der Waals surface area contributed by atoms with Crippen LogP contribution in [0, 0.1) is 0 Å². The smallest absolute Gasteiger partial charge is 0.193 e. The number of halogens is 1. The fraction of sp³-hybridized carbons (Fsp3) is 0.310. The number of piperidine rings is 1. The summed E-state index contributed by atoms with van der Waals surface area (Å²) >= 11 is 3.63. The number of rotatable bonds is 6. The second-order valence-corrected chi connectivity index (χ2v) is 10.6. The predicted octanol–water partition coefficient (Wildman–Crippen LogP) is 5.69. The van der Waals surface area contributed by atoms with Gasteiger partial charge in [-0.3, -0.25) is 14.7 Å². The van der Waals surface area contributed by atoms with Crippen LogP contribution in [0.1, 0.15) is 30.4 Å². The minimum atomic E-state index is 0.0414. The van der Waals surface area contributed by atoms with Crippen LogP contribution in [-0.4, -0.2) is 47.7 Å². The van der Waals surface area contributed by atoms with Crippen LogP contribution in [0.5, 0.6) is 5.75 Å². The summed E-state index contributed by atoms with van der Waals surface area (Å²) in [5, 5.41) is 0.680. The zero-order valence-corrected chi connectivity index (χ0v) is 22.0. The third-order valence-corrected chi connectivity index (χ3v) is 7.78. The molecule has 0 aliphatic carbocycles. The molecule has 4 aromatic rings. The van der Waals surface area contributed by atoms with Crippen molar-refractivity contribution in [3.63, 3.8) is 0 Å². The lowest BCUT2D eigenvalue weighted by molar-refractivity contribution is 0.183. The van der Waals surface area contributed by atoms with Crippen molar-refractivity contribution in [2.45, 2.75) is 25.7 Å². The zero-order valence-electron chi connectivity index (χ0n) is 20.4. The first-order valence-electron chi connectivity index (χ1n) is 12.6. The fourth-order valence-corrected chi connectivity index (χ4v) is 5.78. The Kier molecular flexibility index (Phi) is 6.27. The Labute approximate surface area is 219 Å². The lowest BCUT2D eigenvalue weighted by Gasteiger charge is -2.32. The van der Waals surface area contributed by atoms with Gasteiger partial charge >= 0.3 is 0 Å². The molecule has 1 fully saturated rings. The Morgan fingerprint density at radius 2 is 1.89 bits per heavy atom. The van der Waals surface area contributed by atoms with E-state index in [4.69, 9.17) is 4.74 Å². The fourth-order valence-electron chi connectivity index (χ4n) is 5.43. The second kappa shape index (κ2) is 9.71. The monoisotopic (exact) mass is 544 g/mol. The number of benzene rings is 2. The van der Waals surface area contributed by atoms with Crippen LogP contribution >= 0.6 is 15.9 Å². The Morgan fingerprint density at radius 1 is 1.03 bits per heavy atom. The van der Waals surface area contributed by atoms with Gasteiger partial charge in [0.2, 0.25) is 0 Å². The van der Waals surface area contributed by atoms with E-state index in [0.717, 1.165) is 63.6 Å². The Balaban J connectivity index is 1.45. The van der Waals surface area contributed by atoms with E-state index in [0.29, 0.717) is 18.4 Å². The number of aromatic nitrogens is 2. The van der Waals surface area contributed by atoms with Gasteiger partial charge in [-0.15, -0.1) is 0 Å². The van der Waals surface area contributed by atoms with E-state index in [1.165, 1.54) is 19.3 Å². The van der Waals surface area contributed by atoms with Crippen LogP contribution in [0.2, 0.25) is 0 Å². The molecule has 6 rings (SSSR count). The van der Waals surface area contributed by atoms with Gasteiger partial charge in [0.1, 0.15) is 12.4 Å². The molecule has 0 spiro atoms. The molecule has 0 radical (unpaired) electrons. The molecular formula is C29H29BrN4O2. The van der Waals surface area contributed by atoms with Crippen molar-refractivity contribution >= 4 is 38.2 Å². The summed E-state index contributed by atoms with van der Waals surface area (Å²) < 4.78 is 9.42. The molecule has 2 aromatic carbocycles. The first-order chi connectivity index (χ1) is 17.6. The maximum atomic E-state index is 13.8. The second-order valence-electron chi connectivity index (χ2n) is 9.67. The van der Waals surface area contributed by atoms with Crippen molar-refractivity contribution in [3.8, 4) is 11.4 Å². The number of ether oxygens (including phenoxy) is 1. The molecule has 0 amide bonds. The molecule has 2 aliphatic rings. The van der Waals surface area contributed by atoms with Crippen molar-refractivity contribution in [1.82, 2.24) is 14.5 Å². The van der Waals surface area contributed by atoms with Gasteiger partial charge in [0.15, 0.2) is 5.43 Å². The Morgan fingerprint density at radius 3 is 2.69 bits per heavy atom. The average molecular weight is 545 g/mol. The molecule has 0 N–H and O–H groups in total. The number of pyridine rings is 2. The number of hydrogen-bond acceptors (Lipinski definition) is 5. The largest absolute Gasteiger partial charge is 0.492 e. The topological polar surface area (TPSA) is 50.6 Å². The SMILES string of the molecule is CN1c2ccc(Br)cc2-n2cc(Cc3cccnc3)c(=O)c3cc(OCCN4CCCCC4)cc1c32. The predicted molar refractivity (Wildman–Crippen MR) is 148 cm³/mol. The first-order valence-corrected chi connectivity index (χ1v) is 13.4. The third-order valence-electron chi connectivity index (χ3n) is 7.29. The molecule has 2 aromatic heterocycles. The van der Waals surface area contributed by atoms with Crippen molar-refractivity contribution < 1.29 is 4.74 Å². The number of anilines is 2. The van der Waals surface area contributed by atoms with Crippen LogP contribution in [0.3, 0.4) is 0 Å². The normalized spacial score (nSPS) is 15.2. The van der Waals surface area contributed by atoms with E-state index in [1.807, 2.05) is 30.6 Å². The first kappa shape index (κ1) is 23.3. The summed E-state index contributed by atoms with van der Waals surface area (Å²) in [4.78, 5) is 22.7. The van der Waals surface area contributed by atoms with E-state index < -0.39 is 0 Å². The molecule has 0 bridgehead atoms. The third kappa shape index (κ3) is 4.31. The van der Waals surface area contributed by atoms with Crippen LogP contribution in [0.25, 0.3) is 16.6 Å². The van der Waals surface area contributed by atoms with Gasteiger partial charge in [0.05, 0.1) is 28.0 Å². The molecular weight excluding hydrogens is 516 g/mol. The maximum Gasteiger partial charge on any atom is 0.193 e. The van der Waals surface area contributed by atoms with Gasteiger partial charge < -0.3 is 14.2 Å². The quantitative estimate of drug-likeness (QED) is 0.312. The molecule has 1 saturated heterocycles. The summed E-state index contributed by atoms with van der Waals surface area (Å²) in [5.74, 6) is 0.740. The zero-order chi connectivity index (χ0) is 24.6. The van der Waals surface area contributed by atoms with E-state index in [2.05, 4.69) is 66.6 Å². The highest BCUT2D eigenvalue weighted by atomic mass is 79.9. The molecule has 36 heavy (non-hydrogen) atoms. The molecule has 2 aliphatic heterocycles. The van der Waals surface area contributed by atoms with Gasteiger partial charge in [-0.1, -0.05) is 28.4 Å². The average Bonchev–Trinajstić information content (AvgIpc) is 2.90.